The van der Waals surface area contributed by atoms with Gasteiger partial charge in [0, 0.05) is 6.54 Å². The number of imide groups is 1. The summed E-state index contributed by atoms with van der Waals surface area (Å²) in [7, 11) is 0. The van der Waals surface area contributed by atoms with Crippen molar-refractivity contribution in [3.05, 3.63) is 34.9 Å². The van der Waals surface area contributed by atoms with Crippen molar-refractivity contribution in [1.82, 2.24) is 4.90 Å². The Morgan fingerprint density at radius 3 is 1.83 bits per heavy atom. The van der Waals surface area contributed by atoms with Gasteiger partial charge in [0.05, 0.1) is 16.7 Å². The van der Waals surface area contributed by atoms with Gasteiger partial charge in [-0.3, -0.25) is 14.5 Å². The largest absolute Gasteiger partial charge is 0.328 e. The summed E-state index contributed by atoms with van der Waals surface area (Å²) in [6.45, 7) is 3.28. The third kappa shape index (κ3) is 1.60. The first-order valence-corrected chi connectivity index (χ1v) is 5.37. The van der Waals surface area contributed by atoms with Gasteiger partial charge in [0.15, 0.2) is 11.6 Å². The van der Waals surface area contributed by atoms with Crippen molar-refractivity contribution < 1.29 is 18.4 Å². The van der Waals surface area contributed by atoms with Crippen LogP contribution in [-0.2, 0) is 0 Å². The summed E-state index contributed by atoms with van der Waals surface area (Å²) in [5.74, 6) is -3.60. The standard InChI is InChI=1S/C12H12F2N2O2/c1-12(2,5-15)16-10(17)6-3-8(13)9(14)4-7(6)11(16)18/h3-4H,5,15H2,1-2H3. The van der Waals surface area contributed by atoms with Crippen LogP contribution in [0.15, 0.2) is 12.1 Å². The maximum Gasteiger partial charge on any atom is 0.262 e. The van der Waals surface area contributed by atoms with Crippen LogP contribution < -0.4 is 5.73 Å². The van der Waals surface area contributed by atoms with Crippen molar-refractivity contribution in [2.75, 3.05) is 6.54 Å². The lowest BCUT2D eigenvalue weighted by Gasteiger charge is -2.32. The number of nitrogens with zero attached hydrogens (tertiary/aromatic N) is 1. The molecule has 1 aromatic carbocycles. The van der Waals surface area contributed by atoms with Crippen LogP contribution in [0.25, 0.3) is 0 Å². The van der Waals surface area contributed by atoms with E-state index >= 15 is 0 Å². The number of carbonyl (C=O) groups is 2. The van der Waals surface area contributed by atoms with E-state index in [0.717, 1.165) is 17.0 Å². The fourth-order valence-electron chi connectivity index (χ4n) is 1.87. The normalized spacial score (nSPS) is 15.3. The first-order valence-electron chi connectivity index (χ1n) is 5.37. The minimum atomic E-state index is -1.15. The summed E-state index contributed by atoms with van der Waals surface area (Å²) in [6.07, 6.45) is 0. The predicted octanol–water partition coefficient (Wildman–Crippen LogP) is 1.30. The highest BCUT2D eigenvalue weighted by molar-refractivity contribution is 6.21. The van der Waals surface area contributed by atoms with E-state index in [4.69, 9.17) is 5.73 Å². The topological polar surface area (TPSA) is 63.4 Å². The number of hydrogen-bond donors (Lipinski definition) is 1. The van der Waals surface area contributed by atoms with E-state index in [9.17, 15) is 18.4 Å². The van der Waals surface area contributed by atoms with Crippen molar-refractivity contribution in [3.63, 3.8) is 0 Å². The van der Waals surface area contributed by atoms with Crippen molar-refractivity contribution in [1.29, 1.82) is 0 Å². The van der Waals surface area contributed by atoms with E-state index in [0.29, 0.717) is 0 Å². The Morgan fingerprint density at radius 1 is 1.11 bits per heavy atom. The van der Waals surface area contributed by atoms with Crippen LogP contribution in [-0.4, -0.2) is 28.8 Å². The van der Waals surface area contributed by atoms with E-state index in [1.165, 1.54) is 0 Å². The zero-order valence-electron chi connectivity index (χ0n) is 9.96. The molecule has 0 radical (unpaired) electrons. The first kappa shape index (κ1) is 12.6. The van der Waals surface area contributed by atoms with E-state index < -0.39 is 29.0 Å². The Labute approximate surface area is 102 Å². The zero-order valence-corrected chi connectivity index (χ0v) is 9.96. The Morgan fingerprint density at radius 2 is 1.50 bits per heavy atom. The number of carbonyl (C=O) groups excluding carboxylic acids is 2. The Hall–Kier alpha value is -1.82. The SMILES string of the molecule is CC(C)(CN)N1C(=O)c2cc(F)c(F)cc2C1=O. The predicted molar refractivity (Wildman–Crippen MR) is 60.0 cm³/mol. The molecule has 0 saturated heterocycles. The number of hydrogen-bond acceptors (Lipinski definition) is 3. The molecule has 0 unspecified atom stereocenters. The number of rotatable bonds is 2. The smallest absolute Gasteiger partial charge is 0.262 e. The summed E-state index contributed by atoms with van der Waals surface area (Å²) in [6, 6.07) is 1.50. The second-order valence-corrected chi connectivity index (χ2v) is 4.77. The lowest BCUT2D eigenvalue weighted by atomic mass is 10.0. The second kappa shape index (κ2) is 3.84. The van der Waals surface area contributed by atoms with Crippen LogP contribution in [0.1, 0.15) is 34.6 Å². The van der Waals surface area contributed by atoms with Crippen molar-refractivity contribution in [2.24, 2.45) is 5.73 Å². The second-order valence-electron chi connectivity index (χ2n) is 4.77. The van der Waals surface area contributed by atoms with Gasteiger partial charge >= 0.3 is 0 Å². The molecule has 0 spiro atoms. The van der Waals surface area contributed by atoms with Gasteiger partial charge in [-0.05, 0) is 26.0 Å². The lowest BCUT2D eigenvalue weighted by molar-refractivity contribution is 0.0493. The van der Waals surface area contributed by atoms with Crippen LogP contribution in [0.5, 0.6) is 0 Å². The first-order chi connectivity index (χ1) is 8.29. The van der Waals surface area contributed by atoms with Crippen molar-refractivity contribution in [3.8, 4) is 0 Å². The van der Waals surface area contributed by atoms with E-state index in [2.05, 4.69) is 0 Å². The number of nitrogens with two attached hydrogens (primary N) is 1. The molecule has 0 fully saturated rings. The molecule has 0 bridgehead atoms. The molecular formula is C12H12F2N2O2. The van der Waals surface area contributed by atoms with E-state index in [-0.39, 0.29) is 17.7 Å². The number of halogens is 2. The monoisotopic (exact) mass is 254 g/mol. The summed E-state index contributed by atoms with van der Waals surface area (Å²) in [4.78, 5) is 25.0. The molecule has 1 aliphatic heterocycles. The molecule has 6 heteroatoms. The molecule has 4 nitrogen and oxygen atoms in total. The fourth-order valence-corrected chi connectivity index (χ4v) is 1.87. The molecule has 0 aromatic heterocycles. The molecular weight excluding hydrogens is 242 g/mol. The third-order valence-electron chi connectivity index (χ3n) is 3.03. The van der Waals surface area contributed by atoms with Crippen LogP contribution in [0.4, 0.5) is 8.78 Å². The molecule has 1 heterocycles. The Balaban J connectivity index is 2.57. The van der Waals surface area contributed by atoms with Crippen LogP contribution in [0.2, 0.25) is 0 Å². The summed E-state index contributed by atoms with van der Waals surface area (Å²) < 4.78 is 26.2. The van der Waals surface area contributed by atoms with Gasteiger partial charge in [-0.25, -0.2) is 8.78 Å². The van der Waals surface area contributed by atoms with E-state index in [1.807, 2.05) is 0 Å². The number of fused-ring (bicyclic) bond motifs is 1. The van der Waals surface area contributed by atoms with Crippen LogP contribution >= 0.6 is 0 Å². The molecule has 96 valence electrons. The van der Waals surface area contributed by atoms with Crippen LogP contribution in [0, 0.1) is 11.6 Å². The third-order valence-corrected chi connectivity index (χ3v) is 3.03. The van der Waals surface area contributed by atoms with Crippen molar-refractivity contribution >= 4 is 11.8 Å². The molecule has 18 heavy (non-hydrogen) atoms. The summed E-state index contributed by atoms with van der Waals surface area (Å²) in [5.41, 5.74) is 4.36. The number of amides is 2. The van der Waals surface area contributed by atoms with Gasteiger partial charge in [-0.2, -0.15) is 0 Å². The molecule has 2 N–H and O–H groups in total. The summed E-state index contributed by atoms with van der Waals surface area (Å²) >= 11 is 0. The maximum absolute atomic E-state index is 13.1. The van der Waals surface area contributed by atoms with Crippen LogP contribution in [0.3, 0.4) is 0 Å². The van der Waals surface area contributed by atoms with Gasteiger partial charge in [-0.15, -0.1) is 0 Å². The minimum Gasteiger partial charge on any atom is -0.328 e. The molecule has 2 amide bonds. The van der Waals surface area contributed by atoms with Gasteiger partial charge in [-0.1, -0.05) is 0 Å². The highest BCUT2D eigenvalue weighted by atomic mass is 19.2. The summed E-state index contributed by atoms with van der Waals surface area (Å²) in [5, 5.41) is 0. The molecule has 1 aromatic rings. The average Bonchev–Trinajstić information content (AvgIpc) is 2.53. The molecule has 0 atom stereocenters. The van der Waals surface area contributed by atoms with Gasteiger partial charge in [0.2, 0.25) is 0 Å². The lowest BCUT2D eigenvalue weighted by Crippen LogP contribution is -2.52. The molecule has 0 aliphatic carbocycles. The quantitative estimate of drug-likeness (QED) is 0.809. The zero-order chi connectivity index (χ0) is 13.7. The number of benzene rings is 1. The van der Waals surface area contributed by atoms with Gasteiger partial charge < -0.3 is 5.73 Å². The fraction of sp³-hybridized carbons (Fsp3) is 0.333. The average molecular weight is 254 g/mol. The molecule has 2 rings (SSSR count). The maximum atomic E-state index is 13.1. The van der Waals surface area contributed by atoms with E-state index in [1.54, 1.807) is 13.8 Å². The highest BCUT2D eigenvalue weighted by Gasteiger charge is 2.44. The Kier molecular flexibility index (Phi) is 2.70. The molecule has 1 aliphatic rings. The van der Waals surface area contributed by atoms with Gasteiger partial charge in [0.1, 0.15) is 0 Å². The highest BCUT2D eigenvalue weighted by Crippen LogP contribution is 2.30. The van der Waals surface area contributed by atoms with Crippen molar-refractivity contribution in [2.45, 2.75) is 19.4 Å². The molecule has 0 saturated carbocycles. The van der Waals surface area contributed by atoms with Gasteiger partial charge in [0.25, 0.3) is 11.8 Å². The minimum absolute atomic E-state index is 0.0590. The Bertz CT molecular complexity index is 514.